The SMILES string of the molecule is [O]=[Sb]12[O][Al]([O]1)[O]2. The number of hydrogen-bond acceptors (Lipinski definition) is 4. The van der Waals surface area contributed by atoms with E-state index in [9.17, 15) is 3.02 Å². The fraction of sp³-hybridized carbons (Fsp3) is 0. The third-order valence-corrected chi connectivity index (χ3v) is 13.0. The summed E-state index contributed by atoms with van der Waals surface area (Å²) < 4.78 is 23.9. The van der Waals surface area contributed by atoms with Crippen LogP contribution in [0.25, 0.3) is 0 Å². The Morgan fingerprint density at radius 1 is 1.33 bits per heavy atom. The molecule has 3 aliphatic rings. The third-order valence-electron chi connectivity index (χ3n) is 0.645. The summed E-state index contributed by atoms with van der Waals surface area (Å²) in [5, 5.41) is 0. The standard InChI is InChI=1S/Al.4O.Sb. The zero-order valence-corrected chi connectivity index (χ0v) is 6.37. The van der Waals surface area contributed by atoms with Crippen LogP contribution in [-0.2, 0) is 9.22 Å². The molecule has 0 amide bonds. The molecule has 0 aromatic rings. The fourth-order valence-electron chi connectivity index (χ4n) is 0.340. The molecule has 4 nitrogen and oxygen atoms in total. The molecular weight excluding hydrogens is 213 g/mol. The van der Waals surface area contributed by atoms with Crippen molar-refractivity contribution in [2.75, 3.05) is 0 Å². The summed E-state index contributed by atoms with van der Waals surface area (Å²) in [6.45, 7) is 0. The van der Waals surface area contributed by atoms with Gasteiger partial charge in [0.25, 0.3) is 0 Å². The Bertz CT molecular complexity index is 106. The van der Waals surface area contributed by atoms with Gasteiger partial charge in [0.05, 0.1) is 0 Å². The maximum absolute atomic E-state index is 10.2. The molecule has 3 saturated heterocycles. The van der Waals surface area contributed by atoms with Crippen LogP contribution in [0, 0.1) is 0 Å². The first-order valence-electron chi connectivity index (χ1n) is 1.44. The van der Waals surface area contributed by atoms with Gasteiger partial charge in [-0.15, -0.1) is 0 Å². The molecule has 32 valence electrons. The molecule has 0 unspecified atom stereocenters. The van der Waals surface area contributed by atoms with E-state index in [1.54, 1.807) is 0 Å². The first kappa shape index (κ1) is 3.96. The Hall–Kier alpha value is 1.03. The zero-order chi connectivity index (χ0) is 4.20. The molecular formula is AlO4Sb. The van der Waals surface area contributed by atoms with Crippen molar-refractivity contribution >= 4 is 35.2 Å². The van der Waals surface area contributed by atoms with Crippen LogP contribution < -0.4 is 0 Å². The van der Waals surface area contributed by atoms with Crippen molar-refractivity contribution < 1.29 is 9.22 Å². The second-order valence-corrected chi connectivity index (χ2v) is 10.2. The summed E-state index contributed by atoms with van der Waals surface area (Å²) in [5.41, 5.74) is 0. The molecule has 3 heterocycles. The van der Waals surface area contributed by atoms with E-state index in [4.69, 9.17) is 0 Å². The van der Waals surface area contributed by atoms with Crippen LogP contribution in [0.1, 0.15) is 0 Å². The molecule has 0 radical (unpaired) electrons. The fourth-order valence-corrected chi connectivity index (χ4v) is 6.84. The van der Waals surface area contributed by atoms with E-state index in [-0.39, 0.29) is 0 Å². The quantitative estimate of drug-likeness (QED) is 0.479. The van der Waals surface area contributed by atoms with Gasteiger partial charge >= 0.3 is 44.4 Å². The van der Waals surface area contributed by atoms with Crippen LogP contribution in [0.3, 0.4) is 0 Å². The molecule has 0 aromatic heterocycles. The van der Waals surface area contributed by atoms with Crippen molar-refractivity contribution in [1.82, 2.24) is 0 Å². The van der Waals surface area contributed by atoms with Crippen molar-refractivity contribution in [3.8, 4) is 0 Å². The molecule has 6 heteroatoms. The van der Waals surface area contributed by atoms with Gasteiger partial charge in [-0.1, -0.05) is 0 Å². The third kappa shape index (κ3) is 0.318. The molecule has 0 aliphatic carbocycles. The van der Waals surface area contributed by atoms with Crippen molar-refractivity contribution in [2.45, 2.75) is 0 Å². The van der Waals surface area contributed by atoms with Gasteiger partial charge in [0, 0.05) is 0 Å². The topological polar surface area (TPSA) is 44.8 Å². The van der Waals surface area contributed by atoms with E-state index in [2.05, 4.69) is 6.20 Å². The summed E-state index contributed by atoms with van der Waals surface area (Å²) in [6.07, 6.45) is 0. The van der Waals surface area contributed by atoms with Gasteiger partial charge in [0.15, 0.2) is 0 Å². The molecule has 3 aliphatic heterocycles. The molecule has 0 saturated carbocycles. The van der Waals surface area contributed by atoms with Gasteiger partial charge in [-0.2, -0.15) is 0 Å². The van der Waals surface area contributed by atoms with E-state index < -0.39 is 35.2 Å². The Morgan fingerprint density at radius 3 is 1.67 bits per heavy atom. The first-order valence-corrected chi connectivity index (χ1v) is 7.02. The first-order chi connectivity index (χ1) is 2.79. The summed E-state index contributed by atoms with van der Waals surface area (Å²) in [5.74, 6) is 0. The molecule has 6 heavy (non-hydrogen) atoms. The van der Waals surface area contributed by atoms with Crippen LogP contribution in [0.2, 0.25) is 0 Å². The zero-order valence-electron chi connectivity index (χ0n) is 2.66. The Labute approximate surface area is 44.5 Å². The van der Waals surface area contributed by atoms with E-state index in [1.807, 2.05) is 0 Å². The van der Waals surface area contributed by atoms with Gasteiger partial charge in [-0.25, -0.2) is 0 Å². The summed E-state index contributed by atoms with van der Waals surface area (Å²) in [4.78, 5) is 0. The van der Waals surface area contributed by atoms with Gasteiger partial charge < -0.3 is 0 Å². The van der Waals surface area contributed by atoms with Crippen molar-refractivity contribution in [3.63, 3.8) is 0 Å². The van der Waals surface area contributed by atoms with E-state index >= 15 is 0 Å². The Balaban J connectivity index is 2.39. The molecule has 3 rings (SSSR count). The summed E-state index contributed by atoms with van der Waals surface area (Å²) >= 11 is -5.13. The Kier molecular flexibility index (Phi) is 0.594. The maximum atomic E-state index is 10.2. The number of hydrogen-bond donors (Lipinski definition) is 0. The van der Waals surface area contributed by atoms with Gasteiger partial charge in [-0.3, -0.25) is 0 Å². The van der Waals surface area contributed by atoms with Crippen molar-refractivity contribution in [1.29, 1.82) is 0 Å². The van der Waals surface area contributed by atoms with Crippen LogP contribution in [0.5, 0.6) is 0 Å². The van der Waals surface area contributed by atoms with Crippen molar-refractivity contribution in [2.24, 2.45) is 0 Å². The van der Waals surface area contributed by atoms with Crippen LogP contribution >= 0.6 is 0 Å². The van der Waals surface area contributed by atoms with Gasteiger partial charge in [0.1, 0.15) is 0 Å². The Morgan fingerprint density at radius 2 is 1.67 bits per heavy atom. The second kappa shape index (κ2) is 0.899. The van der Waals surface area contributed by atoms with E-state index in [0.29, 0.717) is 0 Å². The normalized spacial score (nSPS) is 34.3. The number of rotatable bonds is 0. The molecule has 0 aromatic carbocycles. The molecule has 0 N–H and O–H groups in total. The van der Waals surface area contributed by atoms with Crippen LogP contribution in [-0.4, -0.2) is 35.2 Å². The predicted octanol–water partition coefficient (Wildman–Crippen LogP) is -1.09. The molecule has 2 bridgehead atoms. The summed E-state index contributed by atoms with van der Waals surface area (Å²) in [7, 11) is 0. The predicted molar refractivity (Wildman–Crippen MR) is 15.4 cm³/mol. The van der Waals surface area contributed by atoms with Crippen LogP contribution in [0.4, 0.5) is 0 Å². The minimum absolute atomic E-state index is 1.62. The average Bonchev–Trinajstić information content (AvgIpc) is 1.24. The van der Waals surface area contributed by atoms with Gasteiger partial charge in [0.2, 0.25) is 0 Å². The summed E-state index contributed by atoms with van der Waals surface area (Å²) in [6, 6.07) is 0. The van der Waals surface area contributed by atoms with E-state index in [0.717, 1.165) is 0 Å². The monoisotopic (exact) mass is 212 g/mol. The van der Waals surface area contributed by atoms with E-state index in [1.165, 1.54) is 0 Å². The molecule has 3 fully saturated rings. The van der Waals surface area contributed by atoms with Gasteiger partial charge in [-0.05, 0) is 0 Å². The average molecular weight is 213 g/mol. The molecule has 0 atom stereocenters. The minimum atomic E-state index is -3.51. The molecule has 0 spiro atoms. The van der Waals surface area contributed by atoms with Crippen molar-refractivity contribution in [3.05, 3.63) is 0 Å². The van der Waals surface area contributed by atoms with Crippen LogP contribution in [0.15, 0.2) is 0 Å². The second-order valence-electron chi connectivity index (χ2n) is 1.05.